The van der Waals surface area contributed by atoms with Gasteiger partial charge in [-0.15, -0.1) is 0 Å². The Morgan fingerprint density at radius 1 is 1.35 bits per heavy atom. The zero-order valence-electron chi connectivity index (χ0n) is 11.4. The van der Waals surface area contributed by atoms with Crippen LogP contribution in [0.2, 0.25) is 0 Å². The number of likely N-dealkylation sites (N-methyl/N-ethyl adjacent to an activating group) is 1. The molecule has 0 bridgehead atoms. The lowest BCUT2D eigenvalue weighted by Gasteiger charge is -2.33. The first-order chi connectivity index (χ1) is 8.16. The first-order valence-electron chi connectivity index (χ1n) is 7.31. The maximum Gasteiger partial charge on any atom is 0.0232 e. The smallest absolute Gasteiger partial charge is 0.0232 e. The Balaban J connectivity index is 1.50. The van der Waals surface area contributed by atoms with E-state index in [4.69, 9.17) is 0 Å². The molecule has 3 aliphatic rings. The highest BCUT2D eigenvalue weighted by Crippen LogP contribution is 2.32. The molecule has 3 fully saturated rings. The van der Waals surface area contributed by atoms with Gasteiger partial charge in [0.05, 0.1) is 0 Å². The van der Waals surface area contributed by atoms with Crippen molar-refractivity contribution in [3.8, 4) is 0 Å². The Labute approximate surface area is 106 Å². The van der Waals surface area contributed by atoms with Crippen molar-refractivity contribution in [2.75, 3.05) is 39.8 Å². The second-order valence-electron chi connectivity index (χ2n) is 6.82. The first kappa shape index (κ1) is 11.9. The lowest BCUT2D eigenvalue weighted by molar-refractivity contribution is 0.158. The average Bonchev–Trinajstić information content (AvgIpc) is 2.87. The van der Waals surface area contributed by atoms with Crippen LogP contribution in [0.1, 0.15) is 32.6 Å². The Morgan fingerprint density at radius 3 is 2.82 bits per heavy atom. The van der Waals surface area contributed by atoms with Gasteiger partial charge < -0.3 is 10.2 Å². The predicted molar refractivity (Wildman–Crippen MR) is 71.2 cm³/mol. The number of likely N-dealkylation sites (tertiary alicyclic amines) is 1. The molecule has 2 saturated heterocycles. The summed E-state index contributed by atoms with van der Waals surface area (Å²) in [7, 11) is 2.34. The van der Waals surface area contributed by atoms with Crippen molar-refractivity contribution in [3.63, 3.8) is 0 Å². The van der Waals surface area contributed by atoms with Crippen LogP contribution in [-0.2, 0) is 0 Å². The van der Waals surface area contributed by atoms with Crippen molar-refractivity contribution >= 4 is 0 Å². The third-order valence-corrected chi connectivity index (χ3v) is 4.97. The van der Waals surface area contributed by atoms with Gasteiger partial charge in [0.25, 0.3) is 0 Å². The minimum Gasteiger partial charge on any atom is -0.316 e. The third-order valence-electron chi connectivity index (χ3n) is 4.97. The summed E-state index contributed by atoms with van der Waals surface area (Å²) < 4.78 is 0. The van der Waals surface area contributed by atoms with Gasteiger partial charge >= 0.3 is 0 Å². The molecule has 3 nitrogen and oxygen atoms in total. The SMILES string of the molecule is CN(CC1(C)CCNC1)C1CCN(C2CC2)C1. The molecular weight excluding hydrogens is 210 g/mol. The number of hydrogen-bond acceptors (Lipinski definition) is 3. The fraction of sp³-hybridized carbons (Fsp3) is 1.00. The quantitative estimate of drug-likeness (QED) is 0.791. The number of nitrogens with one attached hydrogen (secondary N) is 1. The van der Waals surface area contributed by atoms with E-state index in [9.17, 15) is 0 Å². The third kappa shape index (κ3) is 2.67. The zero-order valence-corrected chi connectivity index (χ0v) is 11.4. The highest BCUT2D eigenvalue weighted by molar-refractivity contribution is 4.94. The van der Waals surface area contributed by atoms with Crippen molar-refractivity contribution in [2.24, 2.45) is 5.41 Å². The van der Waals surface area contributed by atoms with Crippen LogP contribution in [-0.4, -0.2) is 61.7 Å². The minimum absolute atomic E-state index is 0.516. The highest BCUT2D eigenvalue weighted by Gasteiger charge is 2.37. The highest BCUT2D eigenvalue weighted by atomic mass is 15.3. The zero-order chi connectivity index (χ0) is 11.9. The van der Waals surface area contributed by atoms with Crippen LogP contribution in [0.3, 0.4) is 0 Å². The van der Waals surface area contributed by atoms with Gasteiger partial charge in [-0.25, -0.2) is 0 Å². The van der Waals surface area contributed by atoms with Gasteiger partial charge in [0.1, 0.15) is 0 Å². The van der Waals surface area contributed by atoms with Gasteiger partial charge in [-0.05, 0) is 44.7 Å². The molecule has 3 heteroatoms. The van der Waals surface area contributed by atoms with Gasteiger partial charge in [0, 0.05) is 38.3 Å². The van der Waals surface area contributed by atoms with Crippen molar-refractivity contribution in [2.45, 2.75) is 44.7 Å². The van der Waals surface area contributed by atoms with Crippen LogP contribution in [0.4, 0.5) is 0 Å². The van der Waals surface area contributed by atoms with Crippen molar-refractivity contribution in [3.05, 3.63) is 0 Å². The van der Waals surface area contributed by atoms with Crippen molar-refractivity contribution < 1.29 is 0 Å². The molecule has 2 unspecified atom stereocenters. The molecular formula is C14H27N3. The standard InChI is InChI=1S/C14H27N3/c1-14(6-7-15-10-14)11-16(2)13-5-8-17(9-13)12-3-4-12/h12-13,15H,3-11H2,1-2H3. The van der Waals surface area contributed by atoms with Crippen LogP contribution in [0, 0.1) is 5.41 Å². The van der Waals surface area contributed by atoms with Gasteiger partial charge in [0.15, 0.2) is 0 Å². The molecule has 1 aliphatic carbocycles. The normalized spacial score (nSPS) is 39.4. The molecule has 2 atom stereocenters. The topological polar surface area (TPSA) is 18.5 Å². The van der Waals surface area contributed by atoms with Crippen LogP contribution in [0.15, 0.2) is 0 Å². The van der Waals surface area contributed by atoms with Gasteiger partial charge in [-0.1, -0.05) is 6.92 Å². The largest absolute Gasteiger partial charge is 0.316 e. The summed E-state index contributed by atoms with van der Waals surface area (Å²) in [5.41, 5.74) is 0.516. The lowest BCUT2D eigenvalue weighted by Crippen LogP contribution is -2.42. The molecule has 0 radical (unpaired) electrons. The van der Waals surface area contributed by atoms with E-state index in [1.165, 1.54) is 58.4 Å². The van der Waals surface area contributed by atoms with E-state index in [0.717, 1.165) is 12.1 Å². The molecule has 0 aromatic rings. The molecule has 17 heavy (non-hydrogen) atoms. The Kier molecular flexibility index (Phi) is 3.18. The fourth-order valence-corrected chi connectivity index (χ4v) is 3.63. The summed E-state index contributed by atoms with van der Waals surface area (Å²) in [6.45, 7) is 8.79. The first-order valence-corrected chi connectivity index (χ1v) is 7.31. The van der Waals surface area contributed by atoms with E-state index in [1.807, 2.05) is 0 Å². The van der Waals surface area contributed by atoms with Crippen LogP contribution in [0.5, 0.6) is 0 Å². The molecule has 1 N–H and O–H groups in total. The molecule has 0 aromatic heterocycles. The molecule has 1 saturated carbocycles. The number of hydrogen-bond donors (Lipinski definition) is 1. The van der Waals surface area contributed by atoms with Crippen molar-refractivity contribution in [1.82, 2.24) is 15.1 Å². The molecule has 0 amide bonds. The maximum absolute atomic E-state index is 3.51. The monoisotopic (exact) mass is 237 g/mol. The summed E-state index contributed by atoms with van der Waals surface area (Å²) in [5.74, 6) is 0. The molecule has 0 spiro atoms. The minimum atomic E-state index is 0.516. The van der Waals surface area contributed by atoms with Crippen LogP contribution in [0.25, 0.3) is 0 Å². The van der Waals surface area contributed by atoms with E-state index in [-0.39, 0.29) is 0 Å². The fourth-order valence-electron chi connectivity index (χ4n) is 3.63. The summed E-state index contributed by atoms with van der Waals surface area (Å²) in [4.78, 5) is 5.35. The summed E-state index contributed by atoms with van der Waals surface area (Å²) in [5, 5.41) is 3.51. The van der Waals surface area contributed by atoms with E-state index in [2.05, 4.69) is 29.1 Å². The second-order valence-corrected chi connectivity index (χ2v) is 6.82. The number of rotatable bonds is 4. The Bertz CT molecular complexity index is 269. The van der Waals surface area contributed by atoms with Gasteiger partial charge in [-0.3, -0.25) is 4.90 Å². The van der Waals surface area contributed by atoms with Gasteiger partial charge in [0.2, 0.25) is 0 Å². The Hall–Kier alpha value is -0.120. The van der Waals surface area contributed by atoms with Crippen molar-refractivity contribution in [1.29, 1.82) is 0 Å². The van der Waals surface area contributed by atoms with E-state index in [0.29, 0.717) is 5.41 Å². The predicted octanol–water partition coefficient (Wildman–Crippen LogP) is 1.15. The molecule has 0 aromatic carbocycles. The average molecular weight is 237 g/mol. The number of nitrogens with zero attached hydrogens (tertiary/aromatic N) is 2. The summed E-state index contributed by atoms with van der Waals surface area (Å²) in [6.07, 6.45) is 5.64. The van der Waals surface area contributed by atoms with E-state index in [1.54, 1.807) is 0 Å². The Morgan fingerprint density at radius 2 is 2.18 bits per heavy atom. The molecule has 98 valence electrons. The van der Waals surface area contributed by atoms with E-state index < -0.39 is 0 Å². The molecule has 2 heterocycles. The molecule has 2 aliphatic heterocycles. The lowest BCUT2D eigenvalue weighted by atomic mass is 9.89. The van der Waals surface area contributed by atoms with Gasteiger partial charge in [-0.2, -0.15) is 0 Å². The van der Waals surface area contributed by atoms with Crippen LogP contribution >= 0.6 is 0 Å². The van der Waals surface area contributed by atoms with E-state index >= 15 is 0 Å². The summed E-state index contributed by atoms with van der Waals surface area (Å²) >= 11 is 0. The second kappa shape index (κ2) is 4.52. The van der Waals surface area contributed by atoms with Crippen LogP contribution < -0.4 is 5.32 Å². The maximum atomic E-state index is 3.51. The molecule has 3 rings (SSSR count). The summed E-state index contributed by atoms with van der Waals surface area (Å²) in [6, 6.07) is 1.77.